The standard InChI is InChI=1S/C24H29N3O4S/c1-3-27(4-2)15-7-14-26-32(30,31)19-11-12-22(24(29)16-19)25-17-21-20-9-6-5-8-18(20)10-13-23(21)28/h5-6,8-13,16-17,26,28-29H,3-4,7,14-15H2,1-2H3. The van der Waals surface area contributed by atoms with Crippen LogP contribution in [0.3, 0.4) is 0 Å². The highest BCUT2D eigenvalue weighted by molar-refractivity contribution is 7.89. The van der Waals surface area contributed by atoms with Crippen molar-refractivity contribution in [3.8, 4) is 11.5 Å². The number of aliphatic imine (C=N–C) groups is 1. The zero-order valence-corrected chi connectivity index (χ0v) is 19.1. The normalized spacial score (nSPS) is 12.2. The fourth-order valence-electron chi connectivity index (χ4n) is 3.47. The molecule has 0 amide bonds. The quantitative estimate of drug-likeness (QED) is 0.317. The lowest BCUT2D eigenvalue weighted by molar-refractivity contribution is 0.300. The fourth-order valence-corrected chi connectivity index (χ4v) is 4.56. The van der Waals surface area contributed by atoms with E-state index in [1.807, 2.05) is 30.3 Å². The van der Waals surface area contributed by atoms with E-state index in [0.717, 1.165) is 30.4 Å². The van der Waals surface area contributed by atoms with Crippen molar-refractivity contribution in [1.82, 2.24) is 9.62 Å². The van der Waals surface area contributed by atoms with Gasteiger partial charge in [-0.05, 0) is 55.0 Å². The topological polar surface area (TPSA) is 102 Å². The molecule has 0 saturated heterocycles. The molecule has 0 bridgehead atoms. The molecule has 0 fully saturated rings. The first-order valence-corrected chi connectivity index (χ1v) is 12.1. The van der Waals surface area contributed by atoms with Gasteiger partial charge in [-0.3, -0.25) is 4.99 Å². The highest BCUT2D eigenvalue weighted by Crippen LogP contribution is 2.31. The minimum atomic E-state index is -3.73. The molecular weight excluding hydrogens is 426 g/mol. The van der Waals surface area contributed by atoms with Gasteiger partial charge in [-0.2, -0.15) is 0 Å². The van der Waals surface area contributed by atoms with Crippen LogP contribution in [0.25, 0.3) is 10.8 Å². The first kappa shape index (κ1) is 23.7. The Kier molecular flexibility index (Phi) is 7.84. The molecule has 3 aromatic rings. The van der Waals surface area contributed by atoms with E-state index in [9.17, 15) is 18.6 Å². The van der Waals surface area contributed by atoms with Crippen LogP contribution >= 0.6 is 0 Å². The Balaban J connectivity index is 1.74. The maximum Gasteiger partial charge on any atom is 0.240 e. The third-order valence-corrected chi connectivity index (χ3v) is 6.83. The second kappa shape index (κ2) is 10.6. The van der Waals surface area contributed by atoms with E-state index in [0.29, 0.717) is 18.5 Å². The minimum Gasteiger partial charge on any atom is -0.507 e. The van der Waals surface area contributed by atoms with Crippen LogP contribution in [0.5, 0.6) is 11.5 Å². The van der Waals surface area contributed by atoms with Gasteiger partial charge < -0.3 is 15.1 Å². The highest BCUT2D eigenvalue weighted by atomic mass is 32.2. The molecule has 3 rings (SSSR count). The molecule has 0 radical (unpaired) electrons. The van der Waals surface area contributed by atoms with Gasteiger partial charge in [0, 0.05) is 24.4 Å². The summed E-state index contributed by atoms with van der Waals surface area (Å²) in [7, 11) is -3.73. The lowest BCUT2D eigenvalue weighted by Gasteiger charge is -2.17. The summed E-state index contributed by atoms with van der Waals surface area (Å²) < 4.78 is 27.7. The number of hydrogen-bond acceptors (Lipinski definition) is 6. The monoisotopic (exact) mass is 455 g/mol. The Morgan fingerprint density at radius 2 is 1.75 bits per heavy atom. The van der Waals surface area contributed by atoms with Crippen LogP contribution in [0.4, 0.5) is 5.69 Å². The van der Waals surface area contributed by atoms with E-state index in [2.05, 4.69) is 28.5 Å². The molecule has 3 N–H and O–H groups in total. The van der Waals surface area contributed by atoms with Gasteiger partial charge in [0.25, 0.3) is 0 Å². The Hall–Kier alpha value is -2.94. The summed E-state index contributed by atoms with van der Waals surface area (Å²) in [5.74, 6) is -0.188. The molecule has 0 spiro atoms. The molecule has 0 aliphatic carbocycles. The number of hydrogen-bond donors (Lipinski definition) is 3. The van der Waals surface area contributed by atoms with Crippen LogP contribution in [0, 0.1) is 0 Å². The number of sulfonamides is 1. The Morgan fingerprint density at radius 3 is 2.47 bits per heavy atom. The predicted octanol–water partition coefficient (Wildman–Crippen LogP) is 4.01. The van der Waals surface area contributed by atoms with Gasteiger partial charge in [0.2, 0.25) is 10.0 Å². The zero-order valence-electron chi connectivity index (χ0n) is 18.3. The molecule has 8 heteroatoms. The number of rotatable bonds is 10. The Morgan fingerprint density at radius 1 is 1.00 bits per heavy atom. The van der Waals surface area contributed by atoms with E-state index in [1.54, 1.807) is 6.07 Å². The molecule has 0 aliphatic rings. The molecule has 7 nitrogen and oxygen atoms in total. The summed E-state index contributed by atoms with van der Waals surface area (Å²) in [6.07, 6.45) is 2.16. The zero-order chi connectivity index (χ0) is 23.1. The number of nitrogens with zero attached hydrogens (tertiary/aromatic N) is 2. The molecular formula is C24H29N3O4S. The van der Waals surface area contributed by atoms with Crippen molar-refractivity contribution >= 4 is 32.7 Å². The maximum atomic E-state index is 12.5. The molecule has 0 unspecified atom stereocenters. The first-order valence-electron chi connectivity index (χ1n) is 10.7. The average Bonchev–Trinajstić information content (AvgIpc) is 2.79. The van der Waals surface area contributed by atoms with Crippen molar-refractivity contribution in [2.24, 2.45) is 4.99 Å². The molecule has 0 aliphatic heterocycles. The third kappa shape index (κ3) is 5.64. The number of phenols is 2. The van der Waals surface area contributed by atoms with Crippen LogP contribution in [0.1, 0.15) is 25.8 Å². The van der Waals surface area contributed by atoms with Gasteiger partial charge in [-0.1, -0.05) is 44.2 Å². The van der Waals surface area contributed by atoms with E-state index >= 15 is 0 Å². The fraction of sp³-hybridized carbons (Fsp3) is 0.292. The van der Waals surface area contributed by atoms with Crippen molar-refractivity contribution < 1.29 is 18.6 Å². The lowest BCUT2D eigenvalue weighted by Crippen LogP contribution is -2.30. The van der Waals surface area contributed by atoms with Crippen LogP contribution in [0.2, 0.25) is 0 Å². The van der Waals surface area contributed by atoms with Crippen LogP contribution in [0.15, 0.2) is 64.5 Å². The third-order valence-electron chi connectivity index (χ3n) is 5.38. The summed E-state index contributed by atoms with van der Waals surface area (Å²) >= 11 is 0. The molecule has 3 aromatic carbocycles. The van der Waals surface area contributed by atoms with Crippen molar-refractivity contribution in [1.29, 1.82) is 0 Å². The number of phenolic OH excluding ortho intramolecular Hbond substituents is 2. The molecule has 0 aromatic heterocycles. The highest BCUT2D eigenvalue weighted by Gasteiger charge is 2.16. The van der Waals surface area contributed by atoms with Gasteiger partial charge in [0.15, 0.2) is 0 Å². The smallest absolute Gasteiger partial charge is 0.240 e. The van der Waals surface area contributed by atoms with Gasteiger partial charge in [-0.15, -0.1) is 0 Å². The summed E-state index contributed by atoms with van der Waals surface area (Å²) in [5, 5.41) is 22.4. The van der Waals surface area contributed by atoms with Gasteiger partial charge in [0.1, 0.15) is 17.2 Å². The van der Waals surface area contributed by atoms with E-state index in [4.69, 9.17) is 0 Å². The molecule has 0 heterocycles. The molecule has 0 saturated carbocycles. The largest absolute Gasteiger partial charge is 0.507 e. The molecule has 0 atom stereocenters. The summed E-state index contributed by atoms with van der Waals surface area (Å²) in [5.41, 5.74) is 0.729. The summed E-state index contributed by atoms with van der Waals surface area (Å²) in [6.45, 7) is 7.13. The van der Waals surface area contributed by atoms with Gasteiger partial charge in [-0.25, -0.2) is 13.1 Å². The number of fused-ring (bicyclic) bond motifs is 1. The SMILES string of the molecule is CCN(CC)CCCNS(=O)(=O)c1ccc(N=Cc2c(O)ccc3ccccc23)c(O)c1. The summed E-state index contributed by atoms with van der Waals surface area (Å²) in [6, 6.07) is 15.0. The van der Waals surface area contributed by atoms with E-state index in [1.165, 1.54) is 24.4 Å². The van der Waals surface area contributed by atoms with E-state index < -0.39 is 10.0 Å². The first-order chi connectivity index (χ1) is 15.4. The minimum absolute atomic E-state index is 0.0233. The Bertz CT molecular complexity index is 1210. The predicted molar refractivity (Wildman–Crippen MR) is 129 cm³/mol. The van der Waals surface area contributed by atoms with Crippen LogP contribution in [-0.2, 0) is 10.0 Å². The molecule has 170 valence electrons. The maximum absolute atomic E-state index is 12.5. The average molecular weight is 456 g/mol. The number of benzene rings is 3. The van der Waals surface area contributed by atoms with Crippen LogP contribution in [-0.4, -0.2) is 55.9 Å². The van der Waals surface area contributed by atoms with Crippen LogP contribution < -0.4 is 4.72 Å². The lowest BCUT2D eigenvalue weighted by atomic mass is 10.0. The van der Waals surface area contributed by atoms with Gasteiger partial charge >= 0.3 is 0 Å². The van der Waals surface area contributed by atoms with Crippen molar-refractivity contribution in [3.63, 3.8) is 0 Å². The summed E-state index contributed by atoms with van der Waals surface area (Å²) in [4.78, 5) is 6.47. The number of nitrogens with one attached hydrogen (secondary N) is 1. The van der Waals surface area contributed by atoms with E-state index in [-0.39, 0.29) is 22.1 Å². The van der Waals surface area contributed by atoms with Crippen molar-refractivity contribution in [2.45, 2.75) is 25.2 Å². The second-order valence-corrected chi connectivity index (χ2v) is 9.17. The molecule has 32 heavy (non-hydrogen) atoms. The number of aromatic hydroxyl groups is 2. The van der Waals surface area contributed by atoms with Crippen molar-refractivity contribution in [3.05, 3.63) is 60.2 Å². The van der Waals surface area contributed by atoms with Crippen molar-refractivity contribution in [2.75, 3.05) is 26.2 Å². The van der Waals surface area contributed by atoms with Gasteiger partial charge in [0.05, 0.1) is 4.90 Å². The second-order valence-electron chi connectivity index (χ2n) is 7.41. The Labute approximate surface area is 189 Å².